The van der Waals surface area contributed by atoms with Crippen LogP contribution in [0.3, 0.4) is 0 Å². The van der Waals surface area contributed by atoms with E-state index in [-0.39, 0.29) is 0 Å². The predicted molar refractivity (Wildman–Crippen MR) is 235 cm³/mol. The number of benzene rings is 8. The van der Waals surface area contributed by atoms with Gasteiger partial charge in [-0.15, -0.1) is 0 Å². The Morgan fingerprint density at radius 1 is 0.327 bits per heavy atom. The van der Waals surface area contributed by atoms with Gasteiger partial charge in [-0.2, -0.15) is 0 Å². The molecule has 0 amide bonds. The highest BCUT2D eigenvalue weighted by Gasteiger charge is 2.22. The minimum Gasteiger partial charge on any atom is -0.310 e. The van der Waals surface area contributed by atoms with E-state index < -0.39 is 0 Å². The average molecular weight is 704 g/mol. The smallest absolute Gasteiger partial charge is 0.0540 e. The second-order valence-corrected chi connectivity index (χ2v) is 14.0. The number of rotatable bonds is 9. The first-order chi connectivity index (χ1) is 27.3. The molecule has 1 nitrogen and oxygen atoms in total. The van der Waals surface area contributed by atoms with Gasteiger partial charge in [-0.1, -0.05) is 188 Å². The number of hydrogen-bond acceptors (Lipinski definition) is 1. The van der Waals surface area contributed by atoms with Crippen molar-refractivity contribution in [1.82, 2.24) is 0 Å². The maximum absolute atomic E-state index is 2.44. The first kappa shape index (κ1) is 33.8. The molecular weight excluding hydrogens is 663 g/mol. The van der Waals surface area contributed by atoms with Gasteiger partial charge in [0.15, 0.2) is 0 Å². The Balaban J connectivity index is 1.28. The molecular formula is C54H41N. The maximum Gasteiger partial charge on any atom is 0.0540 e. The van der Waals surface area contributed by atoms with Crippen LogP contribution in [-0.4, -0.2) is 0 Å². The Kier molecular flexibility index (Phi) is 9.58. The molecule has 0 radical (unpaired) electrons. The van der Waals surface area contributed by atoms with Crippen LogP contribution in [0.1, 0.15) is 18.4 Å². The SMILES string of the molecule is C1=CCCC(c2ccc(-c3ccccc3)c(-c3ccccc3N(c3ccc(-c4ccccc4)cc3)c3ccc(-c4ccccc4)c(-c4ccccc4)c3)c2)=C1. The van der Waals surface area contributed by atoms with Crippen molar-refractivity contribution >= 4 is 22.6 Å². The van der Waals surface area contributed by atoms with Crippen LogP contribution in [0.4, 0.5) is 17.1 Å². The zero-order valence-corrected chi connectivity index (χ0v) is 30.7. The number of anilines is 3. The first-order valence-corrected chi connectivity index (χ1v) is 19.2. The minimum absolute atomic E-state index is 1.04. The molecule has 0 heterocycles. The van der Waals surface area contributed by atoms with Gasteiger partial charge in [0.2, 0.25) is 0 Å². The van der Waals surface area contributed by atoms with Crippen LogP contribution in [0.15, 0.2) is 224 Å². The molecule has 8 aromatic rings. The highest BCUT2D eigenvalue weighted by molar-refractivity contribution is 5.97. The zero-order valence-electron chi connectivity index (χ0n) is 30.7. The maximum atomic E-state index is 2.44. The molecule has 0 aliphatic heterocycles. The molecule has 0 saturated carbocycles. The summed E-state index contributed by atoms with van der Waals surface area (Å²) in [5.74, 6) is 0. The summed E-state index contributed by atoms with van der Waals surface area (Å²) < 4.78 is 0. The van der Waals surface area contributed by atoms with Gasteiger partial charge >= 0.3 is 0 Å². The van der Waals surface area contributed by atoms with E-state index >= 15 is 0 Å². The van der Waals surface area contributed by atoms with Crippen molar-refractivity contribution in [1.29, 1.82) is 0 Å². The monoisotopic (exact) mass is 703 g/mol. The van der Waals surface area contributed by atoms with Crippen LogP contribution < -0.4 is 4.90 Å². The lowest BCUT2D eigenvalue weighted by Crippen LogP contribution is -2.12. The van der Waals surface area contributed by atoms with E-state index in [1.165, 1.54) is 66.8 Å². The lowest BCUT2D eigenvalue weighted by molar-refractivity contribution is 1.05. The largest absolute Gasteiger partial charge is 0.310 e. The molecule has 0 spiro atoms. The Labute approximate surface area is 324 Å². The number of allylic oxidation sites excluding steroid dienone is 4. The topological polar surface area (TPSA) is 3.24 Å². The predicted octanol–water partition coefficient (Wildman–Crippen LogP) is 15.2. The molecule has 0 fully saturated rings. The third-order valence-electron chi connectivity index (χ3n) is 10.6. The van der Waals surface area contributed by atoms with E-state index in [1.807, 2.05) is 0 Å². The van der Waals surface area contributed by atoms with Gasteiger partial charge in [-0.3, -0.25) is 0 Å². The van der Waals surface area contributed by atoms with Gasteiger partial charge in [0.1, 0.15) is 0 Å². The van der Waals surface area contributed by atoms with Crippen molar-refractivity contribution in [2.75, 3.05) is 4.90 Å². The lowest BCUT2D eigenvalue weighted by atomic mass is 9.88. The fraction of sp³-hybridized carbons (Fsp3) is 0.0370. The molecule has 1 heteroatoms. The van der Waals surface area contributed by atoms with Crippen LogP contribution in [0.25, 0.3) is 61.2 Å². The molecule has 8 aromatic carbocycles. The normalized spacial score (nSPS) is 12.3. The molecule has 1 aliphatic carbocycles. The van der Waals surface area contributed by atoms with Gasteiger partial charge in [0.25, 0.3) is 0 Å². The van der Waals surface area contributed by atoms with Crippen LogP contribution in [0, 0.1) is 0 Å². The van der Waals surface area contributed by atoms with E-state index in [9.17, 15) is 0 Å². The molecule has 0 saturated heterocycles. The Bertz CT molecular complexity index is 2600. The molecule has 0 aromatic heterocycles. The highest BCUT2D eigenvalue weighted by atomic mass is 15.1. The standard InChI is InChI=1S/C54H41N/c1-6-18-40(19-7-1)42-30-33-47(34-31-42)55(48-35-37-49(43-22-10-3-11-23-43)52(39-48)45-26-14-5-15-27-45)54-29-17-16-28-51(54)53-38-46(41-20-8-2-9-21-41)32-36-50(53)44-24-12-4-13-25-44/h1-8,10-20,22-39H,9,21H2. The lowest BCUT2D eigenvalue weighted by Gasteiger charge is -2.30. The molecule has 0 bridgehead atoms. The summed E-state index contributed by atoms with van der Waals surface area (Å²) in [4.78, 5) is 2.44. The van der Waals surface area contributed by atoms with Gasteiger partial charge < -0.3 is 4.90 Å². The van der Waals surface area contributed by atoms with Crippen molar-refractivity contribution in [3.8, 4) is 55.6 Å². The fourth-order valence-corrected chi connectivity index (χ4v) is 7.83. The highest BCUT2D eigenvalue weighted by Crippen LogP contribution is 2.46. The first-order valence-electron chi connectivity index (χ1n) is 19.2. The molecule has 0 N–H and O–H groups in total. The Morgan fingerprint density at radius 3 is 1.44 bits per heavy atom. The molecule has 0 unspecified atom stereocenters. The van der Waals surface area contributed by atoms with Crippen molar-refractivity contribution in [2.24, 2.45) is 0 Å². The minimum atomic E-state index is 1.04. The summed E-state index contributed by atoms with van der Waals surface area (Å²) >= 11 is 0. The van der Waals surface area contributed by atoms with E-state index in [4.69, 9.17) is 0 Å². The average Bonchev–Trinajstić information content (AvgIpc) is 3.28. The quantitative estimate of drug-likeness (QED) is 0.145. The van der Waals surface area contributed by atoms with E-state index in [2.05, 4.69) is 229 Å². The zero-order chi connectivity index (χ0) is 36.8. The number of nitrogens with zero attached hydrogens (tertiary/aromatic N) is 1. The van der Waals surface area contributed by atoms with Crippen LogP contribution >= 0.6 is 0 Å². The molecule has 55 heavy (non-hydrogen) atoms. The van der Waals surface area contributed by atoms with Crippen LogP contribution in [-0.2, 0) is 0 Å². The second kappa shape index (κ2) is 15.6. The van der Waals surface area contributed by atoms with E-state index in [0.29, 0.717) is 0 Å². The van der Waals surface area contributed by atoms with E-state index in [0.717, 1.165) is 29.9 Å². The van der Waals surface area contributed by atoms with E-state index in [1.54, 1.807) is 0 Å². The van der Waals surface area contributed by atoms with Crippen molar-refractivity contribution in [3.05, 3.63) is 230 Å². The summed E-state index contributed by atoms with van der Waals surface area (Å²) in [6, 6.07) is 74.8. The molecule has 262 valence electrons. The summed E-state index contributed by atoms with van der Waals surface area (Å²) in [7, 11) is 0. The third kappa shape index (κ3) is 7.09. The van der Waals surface area contributed by atoms with Crippen molar-refractivity contribution in [3.63, 3.8) is 0 Å². The number of hydrogen-bond donors (Lipinski definition) is 0. The summed E-state index contributed by atoms with van der Waals surface area (Å²) in [5.41, 5.74) is 17.9. The molecule has 0 atom stereocenters. The van der Waals surface area contributed by atoms with Crippen molar-refractivity contribution < 1.29 is 0 Å². The van der Waals surface area contributed by atoms with Crippen molar-refractivity contribution in [2.45, 2.75) is 12.8 Å². The molecule has 1 aliphatic rings. The Morgan fingerprint density at radius 2 is 0.818 bits per heavy atom. The third-order valence-corrected chi connectivity index (χ3v) is 10.6. The fourth-order valence-electron chi connectivity index (χ4n) is 7.83. The summed E-state index contributed by atoms with van der Waals surface area (Å²) in [6.07, 6.45) is 8.83. The summed E-state index contributed by atoms with van der Waals surface area (Å²) in [5, 5.41) is 0. The summed E-state index contributed by atoms with van der Waals surface area (Å²) in [6.45, 7) is 0. The number of para-hydroxylation sites is 1. The molecule has 9 rings (SSSR count). The van der Waals surface area contributed by atoms with Crippen LogP contribution in [0.2, 0.25) is 0 Å². The van der Waals surface area contributed by atoms with Gasteiger partial charge in [-0.05, 0) is 110 Å². The second-order valence-electron chi connectivity index (χ2n) is 14.0. The van der Waals surface area contributed by atoms with Gasteiger partial charge in [-0.25, -0.2) is 0 Å². The Hall–Kier alpha value is -6.96. The van der Waals surface area contributed by atoms with Gasteiger partial charge in [0.05, 0.1) is 5.69 Å². The van der Waals surface area contributed by atoms with Gasteiger partial charge in [0, 0.05) is 16.9 Å². The van der Waals surface area contributed by atoms with Crippen LogP contribution in [0.5, 0.6) is 0 Å².